The first-order valence-electron chi connectivity index (χ1n) is 10.6. The van der Waals surface area contributed by atoms with Crippen LogP contribution in [0.4, 0.5) is 23.4 Å². The van der Waals surface area contributed by atoms with Crippen LogP contribution in [0, 0.1) is 5.82 Å². The van der Waals surface area contributed by atoms with E-state index in [2.05, 4.69) is 20.6 Å². The third kappa shape index (κ3) is 5.13. The van der Waals surface area contributed by atoms with Gasteiger partial charge in [-0.15, -0.1) is 0 Å². The van der Waals surface area contributed by atoms with E-state index in [1.54, 1.807) is 30.3 Å². The lowest BCUT2D eigenvalue weighted by atomic mass is 10.0. The molecule has 0 unspecified atom stereocenters. The number of fused-ring (bicyclic) bond motifs is 1. The van der Waals surface area contributed by atoms with Crippen molar-refractivity contribution in [1.82, 2.24) is 15.3 Å². The van der Waals surface area contributed by atoms with Crippen molar-refractivity contribution in [2.24, 2.45) is 0 Å². The Kier molecular flexibility index (Phi) is 7.00. The molecule has 3 aromatic carbocycles. The lowest BCUT2D eigenvalue weighted by Crippen LogP contribution is -2.13. The zero-order chi connectivity index (χ0) is 24.3. The summed E-state index contributed by atoms with van der Waals surface area (Å²) in [5.74, 6) is -0.298. The van der Waals surface area contributed by atoms with Crippen LogP contribution < -0.4 is 10.6 Å². The monoisotopic (exact) mass is 488 g/mol. The molecule has 0 aliphatic rings. The first kappa shape index (κ1) is 23.9. The van der Waals surface area contributed by atoms with Gasteiger partial charge in [0.05, 0.1) is 16.1 Å². The van der Waals surface area contributed by atoms with Gasteiger partial charge in [0.1, 0.15) is 11.6 Å². The number of benzene rings is 3. The molecule has 34 heavy (non-hydrogen) atoms. The zero-order valence-electron chi connectivity index (χ0n) is 18.2. The fourth-order valence-electron chi connectivity index (χ4n) is 3.62. The number of aromatic nitrogens is 2. The number of anilines is 1. The maximum absolute atomic E-state index is 14.1. The average Bonchev–Trinajstić information content (AvgIpc) is 2.81. The van der Waals surface area contributed by atoms with Crippen LogP contribution in [-0.2, 0) is 6.18 Å². The number of para-hydroxylation sites is 1. The molecule has 0 fully saturated rings. The SMILES string of the molecule is CNCCCNc1nc(-c2cccc(-c3ccc(C(F)(F)F)c(F)c3)c2)nc2c(Cl)cccc12. The van der Waals surface area contributed by atoms with Gasteiger partial charge in [-0.1, -0.05) is 41.9 Å². The van der Waals surface area contributed by atoms with Gasteiger partial charge in [0.2, 0.25) is 0 Å². The Labute approximate surface area is 199 Å². The molecule has 0 atom stereocenters. The third-order valence-corrected chi connectivity index (χ3v) is 5.61. The van der Waals surface area contributed by atoms with Crippen molar-refractivity contribution in [1.29, 1.82) is 0 Å². The highest BCUT2D eigenvalue weighted by Gasteiger charge is 2.33. The molecule has 1 aromatic heterocycles. The van der Waals surface area contributed by atoms with Crippen LogP contribution in [-0.4, -0.2) is 30.1 Å². The maximum atomic E-state index is 14.1. The van der Waals surface area contributed by atoms with Gasteiger partial charge in [-0.05, 0) is 61.5 Å². The van der Waals surface area contributed by atoms with E-state index in [0.717, 1.165) is 30.5 Å². The molecule has 0 saturated heterocycles. The zero-order valence-corrected chi connectivity index (χ0v) is 18.9. The third-order valence-electron chi connectivity index (χ3n) is 5.30. The lowest BCUT2D eigenvalue weighted by molar-refractivity contribution is -0.139. The van der Waals surface area contributed by atoms with Crippen LogP contribution in [0.3, 0.4) is 0 Å². The van der Waals surface area contributed by atoms with Gasteiger partial charge in [-0.3, -0.25) is 0 Å². The molecule has 0 spiro atoms. The second-order valence-electron chi connectivity index (χ2n) is 7.69. The Morgan fingerprint density at radius 2 is 1.62 bits per heavy atom. The number of hydrogen-bond acceptors (Lipinski definition) is 4. The normalized spacial score (nSPS) is 11.7. The van der Waals surface area contributed by atoms with E-state index in [1.165, 1.54) is 6.07 Å². The Balaban J connectivity index is 1.74. The van der Waals surface area contributed by atoms with Crippen molar-refractivity contribution in [2.75, 3.05) is 25.5 Å². The van der Waals surface area contributed by atoms with Gasteiger partial charge in [0, 0.05) is 17.5 Å². The summed E-state index contributed by atoms with van der Waals surface area (Å²) >= 11 is 6.41. The van der Waals surface area contributed by atoms with Gasteiger partial charge in [0.25, 0.3) is 0 Å². The van der Waals surface area contributed by atoms with E-state index >= 15 is 0 Å². The topological polar surface area (TPSA) is 49.8 Å². The number of hydrogen-bond donors (Lipinski definition) is 2. The Morgan fingerprint density at radius 3 is 2.35 bits per heavy atom. The molecule has 4 rings (SSSR count). The van der Waals surface area contributed by atoms with Gasteiger partial charge in [0.15, 0.2) is 5.82 Å². The largest absolute Gasteiger partial charge is 0.419 e. The van der Waals surface area contributed by atoms with Crippen molar-refractivity contribution in [3.63, 3.8) is 0 Å². The first-order chi connectivity index (χ1) is 16.3. The van der Waals surface area contributed by atoms with Gasteiger partial charge in [-0.25, -0.2) is 14.4 Å². The Hall–Kier alpha value is -3.23. The van der Waals surface area contributed by atoms with Crippen molar-refractivity contribution < 1.29 is 17.6 Å². The van der Waals surface area contributed by atoms with E-state index in [1.807, 2.05) is 19.2 Å². The lowest BCUT2D eigenvalue weighted by Gasteiger charge is -2.13. The molecule has 0 aliphatic heterocycles. The summed E-state index contributed by atoms with van der Waals surface area (Å²) in [5, 5.41) is 7.67. The van der Waals surface area contributed by atoms with E-state index in [0.29, 0.717) is 45.4 Å². The van der Waals surface area contributed by atoms with E-state index in [4.69, 9.17) is 11.6 Å². The average molecular weight is 489 g/mol. The molecule has 0 amide bonds. The maximum Gasteiger partial charge on any atom is 0.419 e. The van der Waals surface area contributed by atoms with Crippen molar-refractivity contribution in [3.8, 4) is 22.5 Å². The fraction of sp³-hybridized carbons (Fsp3) is 0.200. The Morgan fingerprint density at radius 1 is 0.882 bits per heavy atom. The number of halogens is 5. The molecule has 0 aliphatic carbocycles. The summed E-state index contributed by atoms with van der Waals surface area (Å²) in [4.78, 5) is 9.32. The van der Waals surface area contributed by atoms with Gasteiger partial charge >= 0.3 is 6.18 Å². The molecule has 4 aromatic rings. The van der Waals surface area contributed by atoms with Crippen LogP contribution >= 0.6 is 11.6 Å². The van der Waals surface area contributed by atoms with Crippen LogP contribution in [0.1, 0.15) is 12.0 Å². The summed E-state index contributed by atoms with van der Waals surface area (Å²) < 4.78 is 52.9. The van der Waals surface area contributed by atoms with E-state index in [-0.39, 0.29) is 0 Å². The summed E-state index contributed by atoms with van der Waals surface area (Å²) in [6.07, 6.45) is -3.87. The predicted octanol–water partition coefficient (Wildman–Crippen LogP) is 6.80. The number of nitrogens with one attached hydrogen (secondary N) is 2. The summed E-state index contributed by atoms with van der Waals surface area (Å²) in [5.41, 5.74) is 0.760. The number of rotatable bonds is 7. The van der Waals surface area contributed by atoms with Crippen molar-refractivity contribution in [3.05, 3.63) is 77.1 Å². The smallest absolute Gasteiger partial charge is 0.369 e. The minimum absolute atomic E-state index is 0.316. The fourth-order valence-corrected chi connectivity index (χ4v) is 3.83. The van der Waals surface area contributed by atoms with Crippen LogP contribution in [0.15, 0.2) is 60.7 Å². The molecule has 0 bridgehead atoms. The minimum Gasteiger partial charge on any atom is -0.369 e. The van der Waals surface area contributed by atoms with Crippen molar-refractivity contribution >= 4 is 28.3 Å². The minimum atomic E-state index is -4.75. The molecular formula is C25H21ClF4N4. The first-order valence-corrected chi connectivity index (χ1v) is 11.0. The molecule has 176 valence electrons. The molecule has 0 radical (unpaired) electrons. The van der Waals surface area contributed by atoms with Crippen LogP contribution in [0.5, 0.6) is 0 Å². The molecular weight excluding hydrogens is 468 g/mol. The second kappa shape index (κ2) is 9.95. The van der Waals surface area contributed by atoms with E-state index in [9.17, 15) is 17.6 Å². The highest BCUT2D eigenvalue weighted by Crippen LogP contribution is 2.35. The summed E-state index contributed by atoms with van der Waals surface area (Å²) in [6.45, 7) is 1.53. The molecule has 1 heterocycles. The van der Waals surface area contributed by atoms with Crippen LogP contribution in [0.25, 0.3) is 33.4 Å². The standard InChI is InChI=1S/C25H21ClF4N4/c1-31-11-4-12-32-24-18-7-3-8-20(26)22(18)33-23(34-24)17-6-2-5-15(13-17)16-9-10-19(21(27)14-16)25(28,29)30/h2-3,5-10,13-14,31H,4,11-12H2,1H3,(H,32,33,34). The summed E-state index contributed by atoms with van der Waals surface area (Å²) in [6, 6.07) is 15.2. The highest BCUT2D eigenvalue weighted by molar-refractivity contribution is 6.35. The van der Waals surface area contributed by atoms with Gasteiger partial charge in [-0.2, -0.15) is 13.2 Å². The number of alkyl halides is 3. The molecule has 2 N–H and O–H groups in total. The quantitative estimate of drug-likeness (QED) is 0.222. The number of nitrogens with zero attached hydrogens (tertiary/aromatic N) is 2. The molecule has 4 nitrogen and oxygen atoms in total. The predicted molar refractivity (Wildman–Crippen MR) is 127 cm³/mol. The molecule has 9 heteroatoms. The van der Waals surface area contributed by atoms with Gasteiger partial charge < -0.3 is 10.6 Å². The summed E-state index contributed by atoms with van der Waals surface area (Å²) in [7, 11) is 1.88. The highest BCUT2D eigenvalue weighted by atomic mass is 35.5. The van der Waals surface area contributed by atoms with Crippen LogP contribution in [0.2, 0.25) is 5.02 Å². The van der Waals surface area contributed by atoms with Crippen molar-refractivity contribution in [2.45, 2.75) is 12.6 Å². The Bertz CT molecular complexity index is 1320. The van der Waals surface area contributed by atoms with E-state index < -0.39 is 17.6 Å². The second-order valence-corrected chi connectivity index (χ2v) is 8.10. The molecule has 0 saturated carbocycles.